The largest absolute Gasteiger partial charge is 0.480 e. The highest BCUT2D eigenvalue weighted by Crippen LogP contribution is 2.17. The zero-order valence-corrected chi connectivity index (χ0v) is 32.5. The molecule has 1 unspecified atom stereocenters. The van der Waals surface area contributed by atoms with Crippen LogP contribution in [-0.2, 0) is 19.1 Å². The molecular weight excluding hydrogens is 622 g/mol. The zero-order valence-electron chi connectivity index (χ0n) is 32.5. The summed E-state index contributed by atoms with van der Waals surface area (Å²) in [5.74, 6) is -1.28. The molecule has 0 saturated heterocycles. The summed E-state index contributed by atoms with van der Waals surface area (Å²) in [6.45, 7) is 4.18. The van der Waals surface area contributed by atoms with Gasteiger partial charge < -0.3 is 15.2 Å². The van der Waals surface area contributed by atoms with Crippen molar-refractivity contribution in [3.05, 3.63) is 48.6 Å². The van der Waals surface area contributed by atoms with Gasteiger partial charge in [0.05, 0.1) is 0 Å². The van der Waals surface area contributed by atoms with Crippen molar-refractivity contribution in [3.8, 4) is 0 Å². The standard InChI is InChI=1S/C44H77NO5/c1-3-5-7-9-11-13-15-17-18-20-22-24-26-31-35-39-44(49)50-41(37-33-29-27-30-34-38-42(46)45-40-43(47)48)36-32-28-25-23-21-19-16-14-12-10-8-6-4-2/h11,13,16-19,23,25,41H,3-10,12,14-15,20-22,24,26-40H2,1-2H3,(H,45,46)(H,47,48)/b13-11-,18-17-,19-16-,25-23-. The fraction of sp³-hybridized carbons (Fsp3) is 0.750. The first kappa shape index (κ1) is 47.4. The second kappa shape index (κ2) is 39.2. The monoisotopic (exact) mass is 700 g/mol. The first-order valence-electron chi connectivity index (χ1n) is 20.8. The van der Waals surface area contributed by atoms with Gasteiger partial charge in [0.25, 0.3) is 0 Å². The molecule has 0 aromatic carbocycles. The van der Waals surface area contributed by atoms with Crippen LogP contribution in [0.2, 0.25) is 0 Å². The molecule has 0 aliphatic rings. The average Bonchev–Trinajstić information content (AvgIpc) is 3.10. The van der Waals surface area contributed by atoms with Gasteiger partial charge in [0.15, 0.2) is 0 Å². The summed E-state index contributed by atoms with van der Waals surface area (Å²) in [6, 6.07) is 0. The molecule has 2 N–H and O–H groups in total. The molecule has 0 rings (SSSR count). The fourth-order valence-corrected chi connectivity index (χ4v) is 5.87. The van der Waals surface area contributed by atoms with Crippen molar-refractivity contribution in [2.45, 2.75) is 206 Å². The van der Waals surface area contributed by atoms with E-state index < -0.39 is 5.97 Å². The van der Waals surface area contributed by atoms with Gasteiger partial charge in [-0.05, 0) is 96.3 Å². The SMILES string of the molecule is CCCCC/C=C\C/C=C\CCCCCCCC(=O)OC(CCC/C=C\C/C=C\CCCCCCC)CCCCCCCC(=O)NCC(=O)O. The Labute approximate surface area is 308 Å². The Hall–Kier alpha value is -2.63. The van der Waals surface area contributed by atoms with E-state index in [1.54, 1.807) is 0 Å². The lowest BCUT2D eigenvalue weighted by molar-refractivity contribution is -0.150. The minimum atomic E-state index is -1.02. The number of ether oxygens (including phenoxy) is 1. The van der Waals surface area contributed by atoms with Gasteiger partial charge in [-0.3, -0.25) is 14.4 Å². The first-order chi connectivity index (χ1) is 24.5. The number of amides is 1. The molecule has 1 amide bonds. The van der Waals surface area contributed by atoms with Crippen molar-refractivity contribution in [3.63, 3.8) is 0 Å². The van der Waals surface area contributed by atoms with E-state index >= 15 is 0 Å². The third kappa shape index (κ3) is 38.2. The van der Waals surface area contributed by atoms with Gasteiger partial charge in [-0.25, -0.2) is 0 Å². The number of hydrogen-bond acceptors (Lipinski definition) is 4. The minimum Gasteiger partial charge on any atom is -0.480 e. The Morgan fingerprint density at radius 3 is 1.50 bits per heavy atom. The molecule has 0 aliphatic carbocycles. The summed E-state index contributed by atoms with van der Waals surface area (Å²) >= 11 is 0. The minimum absolute atomic E-state index is 0.0247. The molecule has 6 heteroatoms. The van der Waals surface area contributed by atoms with Gasteiger partial charge in [-0.15, -0.1) is 0 Å². The van der Waals surface area contributed by atoms with Gasteiger partial charge in [0.2, 0.25) is 5.91 Å². The van der Waals surface area contributed by atoms with Crippen molar-refractivity contribution in [2.75, 3.05) is 6.54 Å². The zero-order chi connectivity index (χ0) is 36.6. The molecular formula is C44H77NO5. The van der Waals surface area contributed by atoms with Crippen LogP contribution in [0, 0.1) is 0 Å². The Balaban J connectivity index is 4.29. The van der Waals surface area contributed by atoms with Crippen LogP contribution in [0.5, 0.6) is 0 Å². The second-order valence-electron chi connectivity index (χ2n) is 13.9. The summed E-state index contributed by atoms with van der Waals surface area (Å²) in [7, 11) is 0. The molecule has 0 fully saturated rings. The number of esters is 1. The number of allylic oxidation sites excluding steroid dienone is 8. The maximum Gasteiger partial charge on any atom is 0.322 e. The predicted molar refractivity (Wildman–Crippen MR) is 212 cm³/mol. The number of aliphatic carboxylic acids is 1. The number of carboxylic acid groups (broad SMARTS) is 1. The molecule has 288 valence electrons. The van der Waals surface area contributed by atoms with Crippen molar-refractivity contribution >= 4 is 17.8 Å². The molecule has 0 aliphatic heterocycles. The van der Waals surface area contributed by atoms with Crippen molar-refractivity contribution in [1.82, 2.24) is 5.32 Å². The number of unbranched alkanes of at least 4 members (excludes halogenated alkanes) is 18. The Morgan fingerprint density at radius 1 is 0.520 bits per heavy atom. The lowest BCUT2D eigenvalue weighted by Crippen LogP contribution is -2.28. The van der Waals surface area contributed by atoms with Crippen LogP contribution in [0.3, 0.4) is 0 Å². The quantitative estimate of drug-likeness (QED) is 0.0382. The number of hydrogen-bond donors (Lipinski definition) is 2. The maximum absolute atomic E-state index is 12.7. The summed E-state index contributed by atoms with van der Waals surface area (Å²) in [5, 5.41) is 11.1. The van der Waals surface area contributed by atoms with Gasteiger partial charge in [0, 0.05) is 12.8 Å². The van der Waals surface area contributed by atoms with E-state index in [1.807, 2.05) is 0 Å². The smallest absolute Gasteiger partial charge is 0.322 e. The summed E-state index contributed by atoms with van der Waals surface area (Å²) < 4.78 is 5.99. The molecule has 50 heavy (non-hydrogen) atoms. The van der Waals surface area contributed by atoms with Gasteiger partial charge >= 0.3 is 11.9 Å². The highest BCUT2D eigenvalue weighted by atomic mass is 16.5. The normalized spacial score (nSPS) is 12.5. The summed E-state index contributed by atoms with van der Waals surface area (Å²) in [5.41, 5.74) is 0. The average molecular weight is 700 g/mol. The molecule has 0 heterocycles. The molecule has 6 nitrogen and oxygen atoms in total. The highest BCUT2D eigenvalue weighted by Gasteiger charge is 2.14. The van der Waals surface area contributed by atoms with Crippen molar-refractivity contribution in [1.29, 1.82) is 0 Å². The molecule has 0 radical (unpaired) electrons. The fourth-order valence-electron chi connectivity index (χ4n) is 5.87. The molecule has 0 spiro atoms. The number of rotatable bonds is 37. The Morgan fingerprint density at radius 2 is 0.940 bits per heavy atom. The van der Waals surface area contributed by atoms with Crippen LogP contribution in [0.25, 0.3) is 0 Å². The molecule has 0 aromatic rings. The number of carbonyl (C=O) groups is 3. The van der Waals surface area contributed by atoms with E-state index in [2.05, 4.69) is 67.8 Å². The molecule has 1 atom stereocenters. The predicted octanol–water partition coefficient (Wildman–Crippen LogP) is 12.7. The van der Waals surface area contributed by atoms with Crippen molar-refractivity contribution in [2.24, 2.45) is 0 Å². The van der Waals surface area contributed by atoms with Crippen LogP contribution in [0.4, 0.5) is 0 Å². The maximum atomic E-state index is 12.7. The molecule has 0 saturated carbocycles. The Kier molecular flexibility index (Phi) is 37.1. The van der Waals surface area contributed by atoms with Crippen LogP contribution < -0.4 is 5.32 Å². The lowest BCUT2D eigenvalue weighted by Gasteiger charge is -2.18. The second-order valence-corrected chi connectivity index (χ2v) is 13.9. The van der Waals surface area contributed by atoms with Crippen LogP contribution in [0.15, 0.2) is 48.6 Å². The highest BCUT2D eigenvalue weighted by molar-refractivity contribution is 5.80. The number of carbonyl (C=O) groups excluding carboxylic acids is 2. The van der Waals surface area contributed by atoms with Crippen LogP contribution in [-0.4, -0.2) is 35.6 Å². The first-order valence-corrected chi connectivity index (χ1v) is 20.8. The Bertz CT molecular complexity index is 906. The molecule has 0 aromatic heterocycles. The van der Waals surface area contributed by atoms with Crippen LogP contribution in [0.1, 0.15) is 200 Å². The summed E-state index contributed by atoms with van der Waals surface area (Å²) in [4.78, 5) is 35.0. The van der Waals surface area contributed by atoms with E-state index in [1.165, 1.54) is 83.5 Å². The summed E-state index contributed by atoms with van der Waals surface area (Å²) in [6.07, 6.45) is 49.4. The third-order valence-electron chi connectivity index (χ3n) is 8.97. The number of nitrogens with one attached hydrogen (secondary N) is 1. The van der Waals surface area contributed by atoms with Gasteiger partial charge in [0.1, 0.15) is 12.6 Å². The van der Waals surface area contributed by atoms with E-state index in [9.17, 15) is 14.4 Å². The number of carboxylic acids is 1. The van der Waals surface area contributed by atoms with E-state index in [4.69, 9.17) is 9.84 Å². The van der Waals surface area contributed by atoms with Gasteiger partial charge in [-0.2, -0.15) is 0 Å². The van der Waals surface area contributed by atoms with Gasteiger partial charge in [-0.1, -0.05) is 140 Å². The third-order valence-corrected chi connectivity index (χ3v) is 8.97. The van der Waals surface area contributed by atoms with Crippen LogP contribution >= 0.6 is 0 Å². The van der Waals surface area contributed by atoms with Crippen molar-refractivity contribution < 1.29 is 24.2 Å². The van der Waals surface area contributed by atoms with E-state index in [0.717, 1.165) is 89.9 Å². The van der Waals surface area contributed by atoms with E-state index in [0.29, 0.717) is 12.8 Å². The van der Waals surface area contributed by atoms with E-state index in [-0.39, 0.29) is 24.5 Å². The topological polar surface area (TPSA) is 92.7 Å². The molecule has 0 bridgehead atoms. The lowest BCUT2D eigenvalue weighted by atomic mass is 10.0.